The summed E-state index contributed by atoms with van der Waals surface area (Å²) in [5.74, 6) is 0. The monoisotopic (exact) mass is 290 g/mol. The van der Waals surface area contributed by atoms with Crippen molar-refractivity contribution in [1.29, 1.82) is 0 Å². The Balaban J connectivity index is 2.09. The lowest BCUT2D eigenvalue weighted by Crippen LogP contribution is -2.51. The molecule has 0 radical (unpaired) electrons. The van der Waals surface area contributed by atoms with E-state index in [-0.39, 0.29) is 18.7 Å². The van der Waals surface area contributed by atoms with Gasteiger partial charge in [0.25, 0.3) is 10.2 Å². The van der Waals surface area contributed by atoms with Crippen LogP contribution in [0.15, 0.2) is 0 Å². The largest absolute Gasteiger partial charge is 0.396 e. The van der Waals surface area contributed by atoms with Gasteiger partial charge in [0.15, 0.2) is 0 Å². The molecule has 0 aromatic rings. The Morgan fingerprint density at radius 2 is 1.84 bits per heavy atom. The molecule has 2 fully saturated rings. The molecular formula is C13H26N2O3S. The van der Waals surface area contributed by atoms with Gasteiger partial charge >= 0.3 is 0 Å². The van der Waals surface area contributed by atoms with Crippen molar-refractivity contribution in [2.24, 2.45) is 0 Å². The highest BCUT2D eigenvalue weighted by molar-refractivity contribution is 7.86. The van der Waals surface area contributed by atoms with E-state index in [0.29, 0.717) is 19.5 Å². The van der Waals surface area contributed by atoms with Crippen molar-refractivity contribution in [3.05, 3.63) is 0 Å². The second kappa shape index (κ2) is 6.52. The maximum Gasteiger partial charge on any atom is 0.282 e. The van der Waals surface area contributed by atoms with E-state index in [1.165, 1.54) is 0 Å². The molecule has 1 N–H and O–H groups in total. The number of rotatable bonds is 5. The van der Waals surface area contributed by atoms with Gasteiger partial charge in [0.2, 0.25) is 0 Å². The fourth-order valence-electron chi connectivity index (χ4n) is 3.28. The zero-order valence-corrected chi connectivity index (χ0v) is 12.6. The topological polar surface area (TPSA) is 60.9 Å². The van der Waals surface area contributed by atoms with E-state index in [9.17, 15) is 8.42 Å². The number of hydrogen-bond donors (Lipinski definition) is 1. The molecule has 0 amide bonds. The summed E-state index contributed by atoms with van der Waals surface area (Å²) in [6.45, 7) is 3.45. The summed E-state index contributed by atoms with van der Waals surface area (Å²) in [4.78, 5) is 0. The molecule has 2 atom stereocenters. The maximum absolute atomic E-state index is 12.8. The van der Waals surface area contributed by atoms with Crippen LogP contribution in [-0.2, 0) is 10.2 Å². The van der Waals surface area contributed by atoms with Gasteiger partial charge in [-0.1, -0.05) is 6.42 Å². The first-order valence-corrected chi connectivity index (χ1v) is 8.86. The Bertz CT molecular complexity index is 385. The standard InChI is InChI=1S/C13H26N2O3S/c1-12-6-2-3-9-14(12)19(17,18)15-10-4-7-13(15)8-5-11-16/h12-13,16H,2-11H2,1H3. The molecule has 19 heavy (non-hydrogen) atoms. The van der Waals surface area contributed by atoms with Crippen LogP contribution in [0, 0.1) is 0 Å². The van der Waals surface area contributed by atoms with Crippen molar-refractivity contribution in [3.63, 3.8) is 0 Å². The molecule has 0 saturated carbocycles. The van der Waals surface area contributed by atoms with Gasteiger partial charge in [0.1, 0.15) is 0 Å². The fraction of sp³-hybridized carbons (Fsp3) is 1.00. The molecular weight excluding hydrogens is 264 g/mol. The Kier molecular flexibility index (Phi) is 5.22. The van der Waals surface area contributed by atoms with Crippen molar-refractivity contribution >= 4 is 10.2 Å². The van der Waals surface area contributed by atoms with Gasteiger partial charge in [-0.2, -0.15) is 17.0 Å². The van der Waals surface area contributed by atoms with Gasteiger partial charge in [-0.3, -0.25) is 0 Å². The summed E-state index contributed by atoms with van der Waals surface area (Å²) < 4.78 is 28.9. The molecule has 112 valence electrons. The summed E-state index contributed by atoms with van der Waals surface area (Å²) in [7, 11) is -3.31. The minimum absolute atomic E-state index is 0.0891. The first-order valence-electron chi connectivity index (χ1n) is 7.47. The van der Waals surface area contributed by atoms with E-state index in [1.54, 1.807) is 8.61 Å². The van der Waals surface area contributed by atoms with Crippen molar-refractivity contribution in [2.75, 3.05) is 19.7 Å². The van der Waals surface area contributed by atoms with E-state index in [1.807, 2.05) is 6.92 Å². The number of hydrogen-bond acceptors (Lipinski definition) is 3. The summed E-state index contributed by atoms with van der Waals surface area (Å²) in [6.07, 6.45) is 6.40. The minimum atomic E-state index is -3.31. The first-order chi connectivity index (χ1) is 9.07. The van der Waals surface area contributed by atoms with Gasteiger partial charge in [0.05, 0.1) is 0 Å². The predicted molar refractivity (Wildman–Crippen MR) is 75.0 cm³/mol. The molecule has 5 nitrogen and oxygen atoms in total. The van der Waals surface area contributed by atoms with Crippen LogP contribution in [0.2, 0.25) is 0 Å². The van der Waals surface area contributed by atoms with Gasteiger partial charge in [-0.15, -0.1) is 0 Å². The molecule has 2 aliphatic rings. The van der Waals surface area contributed by atoms with Gasteiger partial charge in [-0.25, -0.2) is 0 Å². The SMILES string of the molecule is CC1CCCCN1S(=O)(=O)N1CCCC1CCCO. The number of nitrogens with zero attached hydrogens (tertiary/aromatic N) is 2. The lowest BCUT2D eigenvalue weighted by atomic mass is 10.1. The van der Waals surface area contributed by atoms with Gasteiger partial charge in [-0.05, 0) is 45.4 Å². The molecule has 0 aliphatic carbocycles. The van der Waals surface area contributed by atoms with E-state index in [0.717, 1.165) is 38.5 Å². The molecule has 2 saturated heterocycles. The minimum Gasteiger partial charge on any atom is -0.396 e. The summed E-state index contributed by atoms with van der Waals surface area (Å²) in [5.41, 5.74) is 0. The molecule has 0 bridgehead atoms. The number of aliphatic hydroxyl groups excluding tert-OH is 1. The average molecular weight is 290 g/mol. The van der Waals surface area contributed by atoms with E-state index < -0.39 is 10.2 Å². The molecule has 2 aliphatic heterocycles. The van der Waals surface area contributed by atoms with Crippen LogP contribution >= 0.6 is 0 Å². The highest BCUT2D eigenvalue weighted by Crippen LogP contribution is 2.29. The van der Waals surface area contributed by atoms with Crippen molar-refractivity contribution in [1.82, 2.24) is 8.61 Å². The highest BCUT2D eigenvalue weighted by Gasteiger charge is 2.40. The van der Waals surface area contributed by atoms with Gasteiger partial charge < -0.3 is 5.11 Å². The average Bonchev–Trinajstić information content (AvgIpc) is 2.85. The third kappa shape index (κ3) is 3.29. The molecule has 2 unspecified atom stereocenters. The normalized spacial score (nSPS) is 30.8. The third-order valence-electron chi connectivity index (χ3n) is 4.35. The molecule has 0 spiro atoms. The Hall–Kier alpha value is -0.170. The molecule has 0 aromatic heterocycles. The van der Waals surface area contributed by atoms with E-state index in [2.05, 4.69) is 0 Å². The quantitative estimate of drug-likeness (QED) is 0.831. The molecule has 6 heteroatoms. The zero-order valence-electron chi connectivity index (χ0n) is 11.8. The molecule has 2 heterocycles. The number of aliphatic hydroxyl groups is 1. The van der Waals surface area contributed by atoms with Crippen molar-refractivity contribution in [2.45, 2.75) is 64.0 Å². The lowest BCUT2D eigenvalue weighted by molar-refractivity contribution is 0.229. The zero-order chi connectivity index (χ0) is 13.9. The van der Waals surface area contributed by atoms with Crippen LogP contribution in [-0.4, -0.2) is 53.9 Å². The summed E-state index contributed by atoms with van der Waals surface area (Å²) in [6, 6.07) is 0.212. The molecule has 2 rings (SSSR count). The molecule has 0 aromatic carbocycles. The highest BCUT2D eigenvalue weighted by atomic mass is 32.2. The number of piperidine rings is 1. The summed E-state index contributed by atoms with van der Waals surface area (Å²) in [5, 5.41) is 8.93. The first kappa shape index (κ1) is 15.2. The van der Waals surface area contributed by atoms with Crippen molar-refractivity contribution < 1.29 is 13.5 Å². The Morgan fingerprint density at radius 3 is 2.53 bits per heavy atom. The Morgan fingerprint density at radius 1 is 1.11 bits per heavy atom. The summed E-state index contributed by atoms with van der Waals surface area (Å²) >= 11 is 0. The van der Waals surface area contributed by atoms with Crippen LogP contribution in [0.3, 0.4) is 0 Å². The maximum atomic E-state index is 12.8. The van der Waals surface area contributed by atoms with Crippen LogP contribution in [0.5, 0.6) is 0 Å². The van der Waals surface area contributed by atoms with Crippen LogP contribution in [0.25, 0.3) is 0 Å². The van der Waals surface area contributed by atoms with Crippen LogP contribution in [0.4, 0.5) is 0 Å². The van der Waals surface area contributed by atoms with Gasteiger partial charge in [0, 0.05) is 31.8 Å². The Labute approximate surface area is 116 Å². The third-order valence-corrected chi connectivity index (χ3v) is 6.56. The lowest BCUT2D eigenvalue weighted by Gasteiger charge is -2.37. The van der Waals surface area contributed by atoms with Crippen LogP contribution in [0.1, 0.15) is 51.9 Å². The predicted octanol–water partition coefficient (Wildman–Crippen LogP) is 1.34. The second-order valence-electron chi connectivity index (χ2n) is 5.74. The fourth-order valence-corrected chi connectivity index (χ4v) is 5.41. The smallest absolute Gasteiger partial charge is 0.282 e. The van der Waals surface area contributed by atoms with Crippen molar-refractivity contribution in [3.8, 4) is 0 Å². The van der Waals surface area contributed by atoms with E-state index >= 15 is 0 Å². The second-order valence-corrected chi connectivity index (χ2v) is 7.57. The van der Waals surface area contributed by atoms with E-state index in [4.69, 9.17) is 5.11 Å². The van der Waals surface area contributed by atoms with Crippen LogP contribution < -0.4 is 0 Å².